The molecule has 3 rings (SSSR count). The summed E-state index contributed by atoms with van der Waals surface area (Å²) >= 11 is 3.40. The van der Waals surface area contributed by atoms with Gasteiger partial charge in [-0.2, -0.15) is 0 Å². The van der Waals surface area contributed by atoms with Crippen LogP contribution in [-0.2, 0) is 22.2 Å². The zero-order valence-corrected chi connectivity index (χ0v) is 14.4. The molecule has 122 valence electrons. The summed E-state index contributed by atoms with van der Waals surface area (Å²) in [5.74, 6) is -0.159. The van der Waals surface area contributed by atoms with E-state index in [-0.39, 0.29) is 12.1 Å². The zero-order valence-electron chi connectivity index (χ0n) is 12.8. The topological polar surface area (TPSA) is 76.4 Å². The number of carbonyl (C=O) groups is 1. The lowest BCUT2D eigenvalue weighted by Gasteiger charge is -2.35. The summed E-state index contributed by atoms with van der Waals surface area (Å²) in [6.45, 7) is 0.305. The molecule has 2 aliphatic rings. The highest BCUT2D eigenvalue weighted by Crippen LogP contribution is 2.45. The van der Waals surface area contributed by atoms with Crippen molar-refractivity contribution < 1.29 is 14.6 Å². The molecule has 0 radical (unpaired) electrons. The zero-order chi connectivity index (χ0) is 15.8. The van der Waals surface area contributed by atoms with Gasteiger partial charge in [0.1, 0.15) is 22.6 Å². The highest BCUT2D eigenvalue weighted by Gasteiger charge is 2.52. The molecule has 1 aromatic rings. The van der Waals surface area contributed by atoms with E-state index in [1.54, 1.807) is 0 Å². The van der Waals surface area contributed by atoms with Gasteiger partial charge in [0.2, 0.25) is 0 Å². The maximum absolute atomic E-state index is 11.0. The van der Waals surface area contributed by atoms with E-state index in [9.17, 15) is 4.79 Å². The first-order valence-electron chi connectivity index (χ1n) is 7.75. The van der Waals surface area contributed by atoms with Gasteiger partial charge in [0.25, 0.3) is 0 Å². The molecule has 0 aromatic carbocycles. The molecule has 1 spiro atoms. The first kappa shape index (κ1) is 16.0. The van der Waals surface area contributed by atoms with Crippen molar-refractivity contribution in [3.05, 3.63) is 16.6 Å². The molecular weight excluding hydrogens is 350 g/mol. The van der Waals surface area contributed by atoms with E-state index < -0.39 is 11.6 Å². The Morgan fingerprint density at radius 2 is 2.23 bits per heavy atom. The predicted molar refractivity (Wildman–Crippen MR) is 84.6 cm³/mol. The lowest BCUT2D eigenvalue weighted by atomic mass is 9.78. The molecule has 1 aliphatic carbocycles. The van der Waals surface area contributed by atoms with Gasteiger partial charge in [-0.15, -0.1) is 0 Å². The van der Waals surface area contributed by atoms with E-state index in [0.717, 1.165) is 29.7 Å². The number of aromatic nitrogens is 2. The predicted octanol–water partition coefficient (Wildman–Crippen LogP) is 2.18. The van der Waals surface area contributed by atoms with Gasteiger partial charge < -0.3 is 19.7 Å². The summed E-state index contributed by atoms with van der Waals surface area (Å²) in [7, 11) is 1.92. The largest absolute Gasteiger partial charge is 0.480 e. The van der Waals surface area contributed by atoms with Crippen LogP contribution in [0.5, 0.6) is 0 Å². The molecule has 2 N–H and O–H groups in total. The number of carboxylic acid groups (broad SMARTS) is 1. The number of nitrogens with zero attached hydrogens (tertiary/aromatic N) is 2. The van der Waals surface area contributed by atoms with Gasteiger partial charge in [-0.05, 0) is 28.8 Å². The summed E-state index contributed by atoms with van der Waals surface area (Å²) in [4.78, 5) is 15.5. The SMILES string of the molecule is Cn1cc(Br)nc1C1(OCC(=O)O)CNC2(CCCCC2)C1. The van der Waals surface area contributed by atoms with Crippen molar-refractivity contribution in [1.82, 2.24) is 14.9 Å². The first-order chi connectivity index (χ1) is 10.4. The lowest BCUT2D eigenvalue weighted by Crippen LogP contribution is -2.41. The van der Waals surface area contributed by atoms with Crippen LogP contribution in [0.3, 0.4) is 0 Å². The van der Waals surface area contributed by atoms with Gasteiger partial charge in [-0.1, -0.05) is 19.3 Å². The van der Waals surface area contributed by atoms with Crippen LogP contribution in [-0.4, -0.2) is 39.3 Å². The molecule has 22 heavy (non-hydrogen) atoms. The summed E-state index contributed by atoms with van der Waals surface area (Å²) in [5.41, 5.74) is -0.605. The molecule has 7 heteroatoms. The minimum absolute atomic E-state index is 0.0647. The lowest BCUT2D eigenvalue weighted by molar-refractivity contribution is -0.150. The second-order valence-electron chi connectivity index (χ2n) is 6.55. The van der Waals surface area contributed by atoms with E-state index in [1.165, 1.54) is 19.3 Å². The third-order valence-electron chi connectivity index (χ3n) is 4.91. The highest BCUT2D eigenvalue weighted by molar-refractivity contribution is 9.10. The number of aryl methyl sites for hydroxylation is 1. The van der Waals surface area contributed by atoms with Gasteiger partial charge in [0, 0.05) is 31.7 Å². The highest BCUT2D eigenvalue weighted by atomic mass is 79.9. The normalized spacial score (nSPS) is 27.4. The molecule has 0 amide bonds. The number of carboxylic acids is 1. The molecule has 1 aromatic heterocycles. The van der Waals surface area contributed by atoms with Gasteiger partial charge in [0.05, 0.1) is 0 Å². The number of hydrogen-bond donors (Lipinski definition) is 2. The first-order valence-corrected chi connectivity index (χ1v) is 8.54. The molecular formula is C15H22BrN3O3. The fourth-order valence-electron chi connectivity index (χ4n) is 3.96. The Bertz CT molecular complexity index is 568. The van der Waals surface area contributed by atoms with Crippen molar-refractivity contribution in [2.75, 3.05) is 13.2 Å². The number of hydrogen-bond acceptors (Lipinski definition) is 4. The number of halogens is 1. The Labute approximate surface area is 138 Å². The second kappa shape index (κ2) is 5.94. The van der Waals surface area contributed by atoms with Crippen molar-refractivity contribution in [2.24, 2.45) is 7.05 Å². The molecule has 1 aliphatic heterocycles. The Hall–Kier alpha value is -0.920. The van der Waals surface area contributed by atoms with E-state index in [4.69, 9.17) is 9.84 Å². The third kappa shape index (κ3) is 2.94. The van der Waals surface area contributed by atoms with Crippen LogP contribution in [0.15, 0.2) is 10.8 Å². The third-order valence-corrected chi connectivity index (χ3v) is 5.29. The summed E-state index contributed by atoms with van der Waals surface area (Å²) < 4.78 is 8.56. The smallest absolute Gasteiger partial charge is 0.329 e. The van der Waals surface area contributed by atoms with E-state index in [0.29, 0.717) is 6.54 Å². The molecule has 1 saturated carbocycles. The molecule has 0 bridgehead atoms. The fraction of sp³-hybridized carbons (Fsp3) is 0.733. The second-order valence-corrected chi connectivity index (χ2v) is 7.36. The van der Waals surface area contributed by atoms with Crippen molar-refractivity contribution in [3.8, 4) is 0 Å². The molecule has 1 unspecified atom stereocenters. The number of ether oxygens (including phenoxy) is 1. The van der Waals surface area contributed by atoms with Crippen LogP contribution in [0.25, 0.3) is 0 Å². The van der Waals surface area contributed by atoms with E-state index >= 15 is 0 Å². The van der Waals surface area contributed by atoms with E-state index in [1.807, 2.05) is 17.8 Å². The Morgan fingerprint density at radius 3 is 2.82 bits per heavy atom. The Kier molecular flexibility index (Phi) is 4.31. The number of nitrogens with one attached hydrogen (secondary N) is 1. The standard InChI is InChI=1S/C15H22BrN3O3/c1-19-7-11(16)18-13(19)15(22-8-12(20)21)9-14(17-10-15)5-3-2-4-6-14/h7,17H,2-6,8-10H2,1H3,(H,20,21). The number of rotatable bonds is 4. The number of imidazole rings is 1. The molecule has 2 fully saturated rings. The Morgan fingerprint density at radius 1 is 1.50 bits per heavy atom. The molecule has 1 atom stereocenters. The van der Waals surface area contributed by atoms with Crippen molar-refractivity contribution in [3.63, 3.8) is 0 Å². The number of aliphatic carboxylic acids is 1. The average Bonchev–Trinajstić information content (AvgIpc) is 3.00. The molecule has 6 nitrogen and oxygen atoms in total. The van der Waals surface area contributed by atoms with Crippen LogP contribution < -0.4 is 5.32 Å². The maximum Gasteiger partial charge on any atom is 0.329 e. The van der Waals surface area contributed by atoms with Crippen LogP contribution in [0.2, 0.25) is 0 Å². The van der Waals surface area contributed by atoms with Gasteiger partial charge in [-0.3, -0.25) is 0 Å². The summed E-state index contributed by atoms with van der Waals surface area (Å²) in [6.07, 6.45) is 8.62. The van der Waals surface area contributed by atoms with Gasteiger partial charge in [0.15, 0.2) is 0 Å². The summed E-state index contributed by atoms with van der Waals surface area (Å²) in [6, 6.07) is 0. The summed E-state index contributed by atoms with van der Waals surface area (Å²) in [5, 5.41) is 12.7. The minimum atomic E-state index is -0.947. The van der Waals surface area contributed by atoms with Crippen molar-refractivity contribution in [1.29, 1.82) is 0 Å². The quantitative estimate of drug-likeness (QED) is 0.847. The van der Waals surface area contributed by atoms with Crippen LogP contribution >= 0.6 is 15.9 Å². The minimum Gasteiger partial charge on any atom is -0.480 e. The van der Waals surface area contributed by atoms with Crippen LogP contribution in [0, 0.1) is 0 Å². The molecule has 1 saturated heterocycles. The van der Waals surface area contributed by atoms with Gasteiger partial charge in [-0.25, -0.2) is 9.78 Å². The van der Waals surface area contributed by atoms with Gasteiger partial charge >= 0.3 is 5.97 Å². The van der Waals surface area contributed by atoms with Crippen LogP contribution in [0.4, 0.5) is 0 Å². The monoisotopic (exact) mass is 371 g/mol. The Balaban J connectivity index is 1.91. The molecule has 2 heterocycles. The van der Waals surface area contributed by atoms with Crippen molar-refractivity contribution >= 4 is 21.9 Å². The van der Waals surface area contributed by atoms with Crippen molar-refractivity contribution in [2.45, 2.75) is 49.7 Å². The van der Waals surface area contributed by atoms with E-state index in [2.05, 4.69) is 26.2 Å². The average molecular weight is 372 g/mol. The maximum atomic E-state index is 11.0. The fourth-order valence-corrected chi connectivity index (χ4v) is 4.44. The van der Waals surface area contributed by atoms with Crippen LogP contribution in [0.1, 0.15) is 44.3 Å².